The van der Waals surface area contributed by atoms with E-state index in [0.717, 1.165) is 23.3 Å². The van der Waals surface area contributed by atoms with Crippen molar-refractivity contribution in [3.05, 3.63) is 90.5 Å². The summed E-state index contributed by atoms with van der Waals surface area (Å²) >= 11 is 0. The second kappa shape index (κ2) is 7.66. The molecule has 1 heterocycles. The second-order valence-electron chi connectivity index (χ2n) is 5.89. The van der Waals surface area contributed by atoms with Gasteiger partial charge in [0.1, 0.15) is 5.75 Å². The standard InChI is InChI=1S/C22H18N2O2/c1-3-7-17(8-4-1)15-16-25-20-13-11-19(12-14-20)22-24-23-21(26-22)18-9-5-2-6-10-18/h1-14H,15-16H2. The first-order valence-electron chi connectivity index (χ1n) is 8.54. The Kier molecular flexibility index (Phi) is 4.74. The van der Waals surface area contributed by atoms with Crippen LogP contribution in [0.3, 0.4) is 0 Å². The van der Waals surface area contributed by atoms with Crippen LogP contribution < -0.4 is 4.74 Å². The number of nitrogens with zero attached hydrogens (tertiary/aromatic N) is 2. The molecule has 0 unspecified atom stereocenters. The van der Waals surface area contributed by atoms with Crippen molar-refractivity contribution in [2.45, 2.75) is 6.42 Å². The molecule has 0 aliphatic rings. The van der Waals surface area contributed by atoms with Crippen LogP contribution in [0.25, 0.3) is 22.9 Å². The Morgan fingerprint density at radius 1 is 0.654 bits per heavy atom. The van der Waals surface area contributed by atoms with Gasteiger partial charge in [-0.2, -0.15) is 0 Å². The van der Waals surface area contributed by atoms with Crippen LogP contribution in [-0.4, -0.2) is 16.8 Å². The molecule has 0 atom stereocenters. The van der Waals surface area contributed by atoms with Crippen molar-refractivity contribution in [3.63, 3.8) is 0 Å². The number of ether oxygens (including phenoxy) is 1. The molecule has 4 aromatic rings. The Hall–Kier alpha value is -3.40. The number of hydrogen-bond acceptors (Lipinski definition) is 4. The molecule has 0 saturated carbocycles. The summed E-state index contributed by atoms with van der Waals surface area (Å²) in [5, 5.41) is 8.26. The third-order valence-electron chi connectivity index (χ3n) is 4.05. The molecule has 128 valence electrons. The SMILES string of the molecule is c1ccc(CCOc2ccc(-c3nnc(-c4ccccc4)o3)cc2)cc1. The van der Waals surface area contributed by atoms with Crippen molar-refractivity contribution in [2.75, 3.05) is 6.61 Å². The topological polar surface area (TPSA) is 48.2 Å². The minimum absolute atomic E-state index is 0.500. The summed E-state index contributed by atoms with van der Waals surface area (Å²) in [5.41, 5.74) is 3.05. The zero-order chi connectivity index (χ0) is 17.6. The van der Waals surface area contributed by atoms with E-state index in [1.807, 2.05) is 72.8 Å². The minimum atomic E-state index is 0.500. The monoisotopic (exact) mass is 342 g/mol. The number of aromatic nitrogens is 2. The van der Waals surface area contributed by atoms with Gasteiger partial charge in [0.05, 0.1) is 6.61 Å². The van der Waals surface area contributed by atoms with Gasteiger partial charge in [0.25, 0.3) is 0 Å². The largest absolute Gasteiger partial charge is 0.493 e. The number of benzene rings is 3. The Bertz CT molecular complexity index is 948. The van der Waals surface area contributed by atoms with E-state index in [1.165, 1.54) is 5.56 Å². The number of hydrogen-bond donors (Lipinski definition) is 0. The molecule has 1 aromatic heterocycles. The Balaban J connectivity index is 1.39. The highest BCUT2D eigenvalue weighted by molar-refractivity contribution is 5.58. The molecule has 0 fully saturated rings. The summed E-state index contributed by atoms with van der Waals surface area (Å²) in [7, 11) is 0. The predicted molar refractivity (Wildman–Crippen MR) is 101 cm³/mol. The van der Waals surface area contributed by atoms with Crippen molar-refractivity contribution in [1.29, 1.82) is 0 Å². The van der Waals surface area contributed by atoms with E-state index < -0.39 is 0 Å². The molecular weight excluding hydrogens is 324 g/mol. The summed E-state index contributed by atoms with van der Waals surface area (Å²) in [6, 6.07) is 27.7. The maximum atomic E-state index is 5.81. The van der Waals surface area contributed by atoms with Gasteiger partial charge >= 0.3 is 0 Å². The molecule has 0 radical (unpaired) electrons. The second-order valence-corrected chi connectivity index (χ2v) is 5.89. The van der Waals surface area contributed by atoms with Crippen molar-refractivity contribution in [1.82, 2.24) is 10.2 Å². The zero-order valence-corrected chi connectivity index (χ0v) is 14.2. The average Bonchev–Trinajstić information content (AvgIpc) is 3.20. The Morgan fingerprint density at radius 2 is 1.23 bits per heavy atom. The molecule has 0 aliphatic heterocycles. The van der Waals surface area contributed by atoms with Crippen molar-refractivity contribution in [2.24, 2.45) is 0 Å². The lowest BCUT2D eigenvalue weighted by atomic mass is 10.2. The smallest absolute Gasteiger partial charge is 0.248 e. The molecule has 0 bridgehead atoms. The van der Waals surface area contributed by atoms with Gasteiger partial charge in [-0.25, -0.2) is 0 Å². The zero-order valence-electron chi connectivity index (χ0n) is 14.2. The highest BCUT2D eigenvalue weighted by atomic mass is 16.5. The molecule has 26 heavy (non-hydrogen) atoms. The highest BCUT2D eigenvalue weighted by Gasteiger charge is 2.10. The quantitative estimate of drug-likeness (QED) is 0.493. The first-order valence-corrected chi connectivity index (χ1v) is 8.54. The summed E-state index contributed by atoms with van der Waals surface area (Å²) in [6.07, 6.45) is 0.882. The van der Waals surface area contributed by atoms with Gasteiger partial charge in [-0.15, -0.1) is 10.2 Å². The van der Waals surface area contributed by atoms with E-state index >= 15 is 0 Å². The van der Waals surface area contributed by atoms with E-state index in [-0.39, 0.29) is 0 Å². The third-order valence-corrected chi connectivity index (χ3v) is 4.05. The highest BCUT2D eigenvalue weighted by Crippen LogP contribution is 2.25. The minimum Gasteiger partial charge on any atom is -0.493 e. The van der Waals surface area contributed by atoms with Gasteiger partial charge in [-0.3, -0.25) is 0 Å². The lowest BCUT2D eigenvalue weighted by Crippen LogP contribution is -2.00. The Labute approximate surface area is 152 Å². The number of rotatable bonds is 6. The fraction of sp³-hybridized carbons (Fsp3) is 0.0909. The van der Waals surface area contributed by atoms with Crippen molar-refractivity contribution in [3.8, 4) is 28.7 Å². The molecule has 0 N–H and O–H groups in total. The molecule has 4 rings (SSSR count). The van der Waals surface area contributed by atoms with E-state index in [0.29, 0.717) is 18.4 Å². The average molecular weight is 342 g/mol. The maximum Gasteiger partial charge on any atom is 0.248 e. The molecule has 0 saturated heterocycles. The van der Waals surface area contributed by atoms with Crippen LogP contribution in [0.1, 0.15) is 5.56 Å². The van der Waals surface area contributed by atoms with E-state index in [2.05, 4.69) is 22.3 Å². The van der Waals surface area contributed by atoms with Gasteiger partial charge in [-0.05, 0) is 42.0 Å². The predicted octanol–water partition coefficient (Wildman–Crippen LogP) is 5.03. The Morgan fingerprint density at radius 3 is 1.88 bits per heavy atom. The van der Waals surface area contributed by atoms with Crippen LogP contribution in [0.5, 0.6) is 5.75 Å². The van der Waals surface area contributed by atoms with Crippen LogP contribution in [-0.2, 0) is 6.42 Å². The van der Waals surface area contributed by atoms with Crippen LogP contribution in [0, 0.1) is 0 Å². The molecule has 0 aliphatic carbocycles. The van der Waals surface area contributed by atoms with Crippen molar-refractivity contribution < 1.29 is 9.15 Å². The summed E-state index contributed by atoms with van der Waals surface area (Å²) < 4.78 is 11.6. The normalized spacial score (nSPS) is 10.6. The van der Waals surface area contributed by atoms with Crippen LogP contribution >= 0.6 is 0 Å². The fourth-order valence-corrected chi connectivity index (χ4v) is 2.66. The van der Waals surface area contributed by atoms with E-state index in [4.69, 9.17) is 9.15 Å². The van der Waals surface area contributed by atoms with Gasteiger partial charge < -0.3 is 9.15 Å². The lowest BCUT2D eigenvalue weighted by Gasteiger charge is -2.06. The molecule has 0 amide bonds. The molecule has 3 aromatic carbocycles. The van der Waals surface area contributed by atoms with E-state index in [1.54, 1.807) is 0 Å². The third kappa shape index (κ3) is 3.81. The van der Waals surface area contributed by atoms with Crippen LogP contribution in [0.4, 0.5) is 0 Å². The van der Waals surface area contributed by atoms with Crippen LogP contribution in [0.15, 0.2) is 89.3 Å². The van der Waals surface area contributed by atoms with Crippen LogP contribution in [0.2, 0.25) is 0 Å². The maximum absolute atomic E-state index is 5.81. The fourth-order valence-electron chi connectivity index (χ4n) is 2.66. The van der Waals surface area contributed by atoms with Crippen molar-refractivity contribution >= 4 is 0 Å². The first kappa shape index (κ1) is 16.1. The first-order chi connectivity index (χ1) is 12.9. The molecule has 0 spiro atoms. The van der Waals surface area contributed by atoms with Gasteiger partial charge in [0, 0.05) is 17.5 Å². The molecule has 4 nitrogen and oxygen atoms in total. The summed E-state index contributed by atoms with van der Waals surface area (Å²) in [6.45, 7) is 0.641. The summed E-state index contributed by atoms with van der Waals surface area (Å²) in [4.78, 5) is 0. The molecular formula is C22H18N2O2. The van der Waals surface area contributed by atoms with E-state index in [9.17, 15) is 0 Å². The van der Waals surface area contributed by atoms with Gasteiger partial charge in [-0.1, -0.05) is 48.5 Å². The van der Waals surface area contributed by atoms with Gasteiger partial charge in [0.15, 0.2) is 0 Å². The van der Waals surface area contributed by atoms with Gasteiger partial charge in [0.2, 0.25) is 11.8 Å². The lowest BCUT2D eigenvalue weighted by molar-refractivity contribution is 0.322. The molecule has 4 heteroatoms. The summed E-state index contributed by atoms with van der Waals surface area (Å²) in [5.74, 6) is 1.84.